The van der Waals surface area contributed by atoms with Gasteiger partial charge in [0.2, 0.25) is 5.95 Å². The van der Waals surface area contributed by atoms with Crippen LogP contribution < -0.4 is 15.2 Å². The lowest BCUT2D eigenvalue weighted by Gasteiger charge is -2.40. The van der Waals surface area contributed by atoms with Gasteiger partial charge in [0.15, 0.2) is 11.5 Å². The van der Waals surface area contributed by atoms with E-state index in [1.54, 1.807) is 21.3 Å². The molecule has 0 atom stereocenters. The largest absolute Gasteiger partial charge is 0.493 e. The minimum atomic E-state index is -0.116. The molecule has 1 aromatic heterocycles. The van der Waals surface area contributed by atoms with Crippen LogP contribution in [-0.4, -0.2) is 36.5 Å². The standard InChI is InChI=1S/C15H21N3O3/c1-19-12-7-10-11(8-13(12)20-2)18(14(16)17-10)9-15(21-3)5-4-6-15/h7-8H,4-6,9H2,1-3H3,(H2,16,17). The summed E-state index contributed by atoms with van der Waals surface area (Å²) in [6, 6.07) is 3.76. The molecule has 2 aromatic rings. The van der Waals surface area contributed by atoms with Crippen molar-refractivity contribution < 1.29 is 14.2 Å². The summed E-state index contributed by atoms with van der Waals surface area (Å²) in [6.45, 7) is 0.710. The zero-order valence-corrected chi connectivity index (χ0v) is 12.7. The summed E-state index contributed by atoms with van der Waals surface area (Å²) >= 11 is 0. The van der Waals surface area contributed by atoms with E-state index in [1.165, 1.54) is 6.42 Å². The van der Waals surface area contributed by atoms with Crippen molar-refractivity contribution in [3.8, 4) is 11.5 Å². The summed E-state index contributed by atoms with van der Waals surface area (Å²) in [5.41, 5.74) is 7.72. The lowest BCUT2D eigenvalue weighted by molar-refractivity contribution is -0.0824. The maximum absolute atomic E-state index is 6.09. The van der Waals surface area contributed by atoms with Gasteiger partial charge in [-0.1, -0.05) is 0 Å². The normalized spacial score (nSPS) is 16.7. The Bertz CT molecular complexity index is 656. The van der Waals surface area contributed by atoms with Crippen molar-refractivity contribution in [3.63, 3.8) is 0 Å². The number of nitrogens with two attached hydrogens (primary N) is 1. The average molecular weight is 291 g/mol. The zero-order valence-electron chi connectivity index (χ0n) is 12.7. The fourth-order valence-corrected chi connectivity index (χ4v) is 2.92. The summed E-state index contributed by atoms with van der Waals surface area (Å²) in [4.78, 5) is 4.42. The van der Waals surface area contributed by atoms with E-state index in [2.05, 4.69) is 4.98 Å². The molecule has 1 fully saturated rings. The molecule has 6 nitrogen and oxygen atoms in total. The molecule has 1 heterocycles. The molecule has 0 bridgehead atoms. The van der Waals surface area contributed by atoms with Gasteiger partial charge >= 0.3 is 0 Å². The zero-order chi connectivity index (χ0) is 15.0. The second kappa shape index (κ2) is 5.11. The van der Waals surface area contributed by atoms with Crippen molar-refractivity contribution >= 4 is 17.0 Å². The molecule has 0 saturated heterocycles. The lowest BCUT2D eigenvalue weighted by atomic mass is 9.80. The summed E-state index contributed by atoms with van der Waals surface area (Å²) in [5, 5.41) is 0. The van der Waals surface area contributed by atoms with Crippen LogP contribution in [0.25, 0.3) is 11.0 Å². The molecule has 0 radical (unpaired) electrons. The van der Waals surface area contributed by atoms with Crippen molar-refractivity contribution in [2.45, 2.75) is 31.4 Å². The third kappa shape index (κ3) is 2.19. The van der Waals surface area contributed by atoms with Crippen molar-refractivity contribution in [2.24, 2.45) is 0 Å². The molecule has 21 heavy (non-hydrogen) atoms. The Balaban J connectivity index is 2.07. The molecule has 6 heteroatoms. The van der Waals surface area contributed by atoms with Gasteiger partial charge in [-0.15, -0.1) is 0 Å². The first kappa shape index (κ1) is 14.0. The van der Waals surface area contributed by atoms with Gasteiger partial charge in [0, 0.05) is 19.2 Å². The lowest BCUT2D eigenvalue weighted by Crippen LogP contribution is -2.43. The first-order chi connectivity index (χ1) is 10.1. The number of methoxy groups -OCH3 is 3. The summed E-state index contributed by atoms with van der Waals surface area (Å²) in [7, 11) is 4.99. The van der Waals surface area contributed by atoms with Gasteiger partial charge in [-0.25, -0.2) is 4.98 Å². The van der Waals surface area contributed by atoms with E-state index in [4.69, 9.17) is 19.9 Å². The fraction of sp³-hybridized carbons (Fsp3) is 0.533. The van der Waals surface area contributed by atoms with Crippen LogP contribution in [0, 0.1) is 0 Å². The van der Waals surface area contributed by atoms with Gasteiger partial charge in [0.25, 0.3) is 0 Å². The van der Waals surface area contributed by atoms with Gasteiger partial charge in [-0.3, -0.25) is 0 Å². The van der Waals surface area contributed by atoms with Gasteiger partial charge in [0.05, 0.1) is 37.4 Å². The monoisotopic (exact) mass is 291 g/mol. The number of nitrogen functional groups attached to an aromatic ring is 1. The fourth-order valence-electron chi connectivity index (χ4n) is 2.92. The minimum absolute atomic E-state index is 0.116. The Morgan fingerprint density at radius 2 is 1.86 bits per heavy atom. The van der Waals surface area contributed by atoms with Crippen molar-refractivity contribution in [1.82, 2.24) is 9.55 Å². The summed E-state index contributed by atoms with van der Waals surface area (Å²) < 4.78 is 18.4. The Kier molecular flexibility index (Phi) is 3.41. The highest BCUT2D eigenvalue weighted by Gasteiger charge is 2.38. The van der Waals surface area contributed by atoms with Crippen molar-refractivity contribution in [3.05, 3.63) is 12.1 Å². The highest BCUT2D eigenvalue weighted by atomic mass is 16.5. The van der Waals surface area contributed by atoms with E-state index in [0.717, 1.165) is 23.9 Å². The number of nitrogens with zero attached hydrogens (tertiary/aromatic N) is 2. The van der Waals surface area contributed by atoms with E-state index >= 15 is 0 Å². The van der Waals surface area contributed by atoms with Crippen LogP contribution in [0.15, 0.2) is 12.1 Å². The van der Waals surface area contributed by atoms with E-state index in [0.29, 0.717) is 24.0 Å². The van der Waals surface area contributed by atoms with E-state index in [9.17, 15) is 0 Å². The number of fused-ring (bicyclic) bond motifs is 1. The van der Waals surface area contributed by atoms with Gasteiger partial charge in [0.1, 0.15) is 0 Å². The van der Waals surface area contributed by atoms with Gasteiger partial charge in [-0.05, 0) is 19.3 Å². The molecule has 0 aliphatic heterocycles. The van der Waals surface area contributed by atoms with Crippen LogP contribution >= 0.6 is 0 Å². The molecule has 0 amide bonds. The molecule has 1 aliphatic carbocycles. The Morgan fingerprint density at radius 3 is 2.38 bits per heavy atom. The average Bonchev–Trinajstić information content (AvgIpc) is 2.76. The quantitative estimate of drug-likeness (QED) is 0.914. The Morgan fingerprint density at radius 1 is 1.19 bits per heavy atom. The molecule has 1 aliphatic rings. The van der Waals surface area contributed by atoms with Crippen LogP contribution in [-0.2, 0) is 11.3 Å². The topological polar surface area (TPSA) is 71.5 Å². The number of anilines is 1. The van der Waals surface area contributed by atoms with Crippen LogP contribution in [0.5, 0.6) is 11.5 Å². The highest BCUT2D eigenvalue weighted by molar-refractivity contribution is 5.82. The maximum Gasteiger partial charge on any atom is 0.201 e. The van der Waals surface area contributed by atoms with Crippen LogP contribution in [0.4, 0.5) is 5.95 Å². The molecular formula is C15H21N3O3. The first-order valence-corrected chi connectivity index (χ1v) is 7.05. The van der Waals surface area contributed by atoms with Crippen molar-refractivity contribution in [2.75, 3.05) is 27.1 Å². The molecule has 0 unspecified atom stereocenters. The smallest absolute Gasteiger partial charge is 0.201 e. The van der Waals surface area contributed by atoms with E-state index in [-0.39, 0.29) is 5.60 Å². The van der Waals surface area contributed by atoms with Crippen LogP contribution in [0.3, 0.4) is 0 Å². The molecule has 0 spiro atoms. The second-order valence-corrected chi connectivity index (χ2v) is 5.49. The van der Waals surface area contributed by atoms with Crippen LogP contribution in [0.1, 0.15) is 19.3 Å². The minimum Gasteiger partial charge on any atom is -0.493 e. The molecule has 1 saturated carbocycles. The third-order valence-corrected chi connectivity index (χ3v) is 4.43. The number of aromatic nitrogens is 2. The summed E-state index contributed by atoms with van der Waals surface area (Å²) in [5.74, 6) is 1.81. The number of benzene rings is 1. The molecule has 3 rings (SSSR count). The third-order valence-electron chi connectivity index (χ3n) is 4.43. The van der Waals surface area contributed by atoms with Gasteiger partial charge < -0.3 is 24.5 Å². The molecule has 2 N–H and O–H groups in total. The highest BCUT2D eigenvalue weighted by Crippen LogP contribution is 2.39. The summed E-state index contributed by atoms with van der Waals surface area (Å²) in [6.07, 6.45) is 3.29. The Hall–Kier alpha value is -1.95. The predicted molar refractivity (Wildman–Crippen MR) is 80.8 cm³/mol. The SMILES string of the molecule is COc1cc2nc(N)n(CC3(OC)CCC3)c2cc1OC. The van der Waals surface area contributed by atoms with E-state index < -0.39 is 0 Å². The Labute approximate surface area is 123 Å². The number of hydrogen-bond donors (Lipinski definition) is 1. The molecule has 114 valence electrons. The van der Waals surface area contributed by atoms with Gasteiger partial charge in [-0.2, -0.15) is 0 Å². The number of rotatable bonds is 5. The maximum atomic E-state index is 6.09. The molecule has 1 aromatic carbocycles. The number of hydrogen-bond acceptors (Lipinski definition) is 5. The predicted octanol–water partition coefficient (Wildman–Crippen LogP) is 2.20. The van der Waals surface area contributed by atoms with Crippen molar-refractivity contribution in [1.29, 1.82) is 0 Å². The first-order valence-electron chi connectivity index (χ1n) is 7.05. The van der Waals surface area contributed by atoms with Crippen LogP contribution in [0.2, 0.25) is 0 Å². The second-order valence-electron chi connectivity index (χ2n) is 5.49. The number of imidazole rings is 1. The number of ether oxygens (including phenoxy) is 3. The van der Waals surface area contributed by atoms with E-state index in [1.807, 2.05) is 16.7 Å². The molecular weight excluding hydrogens is 270 g/mol.